The van der Waals surface area contributed by atoms with Crippen molar-refractivity contribution >= 4 is 40.6 Å². The van der Waals surface area contributed by atoms with Crippen molar-refractivity contribution in [3.63, 3.8) is 0 Å². The first-order valence-electron chi connectivity index (χ1n) is 14.1. The molecule has 210 valence electrons. The Kier molecular flexibility index (Phi) is 7.17. The zero-order valence-electron chi connectivity index (χ0n) is 22.6. The molecular weight excluding hydrogens is 520 g/mol. The van der Waals surface area contributed by atoms with Crippen LogP contribution in [0.5, 0.6) is 0 Å². The first kappa shape index (κ1) is 26.6. The van der Waals surface area contributed by atoms with Gasteiger partial charge in [-0.05, 0) is 79.8 Å². The molecule has 0 bridgehead atoms. The minimum atomic E-state index is -1.03. The van der Waals surface area contributed by atoms with E-state index < -0.39 is 11.5 Å². The van der Waals surface area contributed by atoms with Crippen molar-refractivity contribution in [1.29, 1.82) is 0 Å². The number of carboxylic acid groups (broad SMARTS) is 1. The van der Waals surface area contributed by atoms with Crippen LogP contribution in [0.1, 0.15) is 73.3 Å². The van der Waals surface area contributed by atoms with Gasteiger partial charge in [0, 0.05) is 23.4 Å². The standard InChI is InChI=1S/C32H32N4O5/c37-28(38)16-11-21-9-13-23(14-10-21)33-31(40)32(17-3-4-18-32)35-30(39)22-12-15-26-25(20-22)34-29(27-8-5-19-41-27)36(26)24-6-1-2-7-24/h5,8-16,19-20,24H,1-4,6-7,17-18H2,(H,33,40)(H,35,39)(H,37,38)/b16-11+. The highest BCUT2D eigenvalue weighted by atomic mass is 16.4. The van der Waals surface area contributed by atoms with Gasteiger partial charge in [0.05, 0.1) is 17.3 Å². The Hall–Kier alpha value is -4.66. The maximum absolute atomic E-state index is 13.6. The van der Waals surface area contributed by atoms with Gasteiger partial charge in [-0.2, -0.15) is 0 Å². The molecule has 6 rings (SSSR count). The number of amides is 2. The number of rotatable bonds is 8. The third kappa shape index (κ3) is 5.39. The summed E-state index contributed by atoms with van der Waals surface area (Å²) in [6, 6.07) is 16.5. The van der Waals surface area contributed by atoms with Crippen molar-refractivity contribution in [2.75, 3.05) is 5.32 Å². The van der Waals surface area contributed by atoms with Crippen molar-refractivity contribution < 1.29 is 23.9 Å². The van der Waals surface area contributed by atoms with E-state index in [0.29, 0.717) is 41.5 Å². The Morgan fingerprint density at radius 3 is 2.44 bits per heavy atom. The molecule has 2 aromatic carbocycles. The summed E-state index contributed by atoms with van der Waals surface area (Å²) in [5.74, 6) is -0.130. The summed E-state index contributed by atoms with van der Waals surface area (Å²) in [4.78, 5) is 42.7. The first-order chi connectivity index (χ1) is 19.9. The van der Waals surface area contributed by atoms with Crippen LogP contribution in [0.3, 0.4) is 0 Å². The fourth-order valence-electron chi connectivity index (χ4n) is 6.12. The topological polar surface area (TPSA) is 126 Å². The number of imidazole rings is 1. The average molecular weight is 553 g/mol. The molecule has 9 heteroatoms. The second-order valence-electron chi connectivity index (χ2n) is 10.9. The van der Waals surface area contributed by atoms with Crippen LogP contribution in [-0.2, 0) is 9.59 Å². The van der Waals surface area contributed by atoms with Crippen molar-refractivity contribution in [1.82, 2.24) is 14.9 Å². The smallest absolute Gasteiger partial charge is 0.328 e. The summed E-state index contributed by atoms with van der Waals surface area (Å²) in [6.07, 6.45) is 11.5. The lowest BCUT2D eigenvalue weighted by Gasteiger charge is -2.29. The van der Waals surface area contributed by atoms with Gasteiger partial charge in [0.2, 0.25) is 5.91 Å². The van der Waals surface area contributed by atoms with E-state index in [9.17, 15) is 14.4 Å². The van der Waals surface area contributed by atoms with Crippen LogP contribution in [0.4, 0.5) is 5.69 Å². The second-order valence-corrected chi connectivity index (χ2v) is 10.9. The van der Waals surface area contributed by atoms with Crippen molar-refractivity contribution in [3.05, 3.63) is 78.1 Å². The zero-order valence-corrected chi connectivity index (χ0v) is 22.6. The van der Waals surface area contributed by atoms with E-state index in [2.05, 4.69) is 15.2 Å². The lowest BCUT2D eigenvalue weighted by molar-refractivity contribution is -0.131. The minimum absolute atomic E-state index is 0.260. The van der Waals surface area contributed by atoms with Gasteiger partial charge in [0.25, 0.3) is 5.91 Å². The molecular formula is C32H32N4O5. The number of aromatic nitrogens is 2. The number of fused-ring (bicyclic) bond motifs is 1. The van der Waals surface area contributed by atoms with Gasteiger partial charge in [-0.3, -0.25) is 9.59 Å². The van der Waals surface area contributed by atoms with Gasteiger partial charge in [0.15, 0.2) is 11.6 Å². The van der Waals surface area contributed by atoms with Gasteiger partial charge >= 0.3 is 5.97 Å². The Bertz CT molecular complexity index is 1610. The van der Waals surface area contributed by atoms with Gasteiger partial charge in [-0.15, -0.1) is 0 Å². The number of nitrogens with one attached hydrogen (secondary N) is 2. The molecule has 9 nitrogen and oxygen atoms in total. The largest absolute Gasteiger partial charge is 0.478 e. The van der Waals surface area contributed by atoms with Crippen LogP contribution < -0.4 is 10.6 Å². The predicted octanol–water partition coefficient (Wildman–Crippen LogP) is 6.19. The zero-order chi connectivity index (χ0) is 28.4. The number of hydrogen-bond donors (Lipinski definition) is 3. The third-order valence-electron chi connectivity index (χ3n) is 8.21. The number of anilines is 1. The van der Waals surface area contributed by atoms with Crippen LogP contribution in [0, 0.1) is 0 Å². The highest BCUT2D eigenvalue weighted by Crippen LogP contribution is 2.37. The molecule has 2 fully saturated rings. The average Bonchev–Trinajstić information content (AvgIpc) is 3.78. The highest BCUT2D eigenvalue weighted by molar-refractivity contribution is 6.05. The van der Waals surface area contributed by atoms with Crippen molar-refractivity contribution in [3.8, 4) is 11.6 Å². The molecule has 0 radical (unpaired) electrons. The summed E-state index contributed by atoms with van der Waals surface area (Å²) in [7, 11) is 0. The number of hydrogen-bond acceptors (Lipinski definition) is 5. The number of carbonyl (C=O) groups is 3. The normalized spacial score (nSPS) is 16.9. The van der Waals surface area contributed by atoms with E-state index in [0.717, 1.165) is 48.6 Å². The molecule has 2 heterocycles. The van der Waals surface area contributed by atoms with E-state index >= 15 is 0 Å². The maximum Gasteiger partial charge on any atom is 0.328 e. The molecule has 4 aromatic rings. The molecule has 2 aromatic heterocycles. The summed E-state index contributed by atoms with van der Waals surface area (Å²) >= 11 is 0. The number of carbonyl (C=O) groups excluding carboxylic acids is 2. The van der Waals surface area contributed by atoms with Gasteiger partial charge in [-0.25, -0.2) is 9.78 Å². The van der Waals surface area contributed by atoms with E-state index in [1.807, 2.05) is 18.2 Å². The lowest BCUT2D eigenvalue weighted by atomic mass is 9.95. The summed E-state index contributed by atoms with van der Waals surface area (Å²) < 4.78 is 7.95. The number of aliphatic carboxylic acids is 1. The number of benzene rings is 2. The fraction of sp³-hybridized carbons (Fsp3) is 0.312. The van der Waals surface area contributed by atoms with E-state index in [1.165, 1.54) is 18.9 Å². The molecule has 2 amide bonds. The highest BCUT2D eigenvalue weighted by Gasteiger charge is 2.42. The quantitative estimate of drug-likeness (QED) is 0.224. The molecule has 0 aliphatic heterocycles. The summed E-state index contributed by atoms with van der Waals surface area (Å²) in [5.41, 5.74) is 2.40. The molecule has 2 aliphatic carbocycles. The molecule has 0 unspecified atom stereocenters. The van der Waals surface area contributed by atoms with Gasteiger partial charge in [0.1, 0.15) is 5.54 Å². The number of nitrogens with zero attached hydrogens (tertiary/aromatic N) is 2. The number of furan rings is 1. The van der Waals surface area contributed by atoms with E-state index in [1.54, 1.807) is 42.7 Å². The van der Waals surface area contributed by atoms with Crippen LogP contribution in [0.25, 0.3) is 28.7 Å². The molecule has 2 saturated carbocycles. The lowest BCUT2D eigenvalue weighted by Crippen LogP contribution is -2.55. The Morgan fingerprint density at radius 2 is 1.76 bits per heavy atom. The molecule has 2 aliphatic rings. The minimum Gasteiger partial charge on any atom is -0.478 e. The van der Waals surface area contributed by atoms with Gasteiger partial charge in [-0.1, -0.05) is 37.8 Å². The molecule has 3 N–H and O–H groups in total. The van der Waals surface area contributed by atoms with Crippen LogP contribution >= 0.6 is 0 Å². The van der Waals surface area contributed by atoms with Gasteiger partial charge < -0.3 is 24.7 Å². The van der Waals surface area contributed by atoms with Crippen molar-refractivity contribution in [2.45, 2.75) is 62.9 Å². The molecule has 41 heavy (non-hydrogen) atoms. The fourth-order valence-corrected chi connectivity index (χ4v) is 6.12. The maximum atomic E-state index is 13.6. The third-order valence-corrected chi connectivity index (χ3v) is 8.21. The monoisotopic (exact) mass is 552 g/mol. The molecule has 0 atom stereocenters. The van der Waals surface area contributed by atoms with Crippen LogP contribution in [0.15, 0.2) is 71.4 Å². The van der Waals surface area contributed by atoms with E-state index in [4.69, 9.17) is 14.5 Å². The SMILES string of the molecule is O=C(O)/C=C/c1ccc(NC(=O)C2(NC(=O)c3ccc4c(c3)nc(-c3ccco3)n4C3CCCC3)CCCC2)cc1. The first-order valence-corrected chi connectivity index (χ1v) is 14.1. The van der Waals surface area contributed by atoms with Crippen LogP contribution in [0.2, 0.25) is 0 Å². The Labute approximate surface area is 237 Å². The molecule has 0 saturated heterocycles. The molecule has 0 spiro atoms. The Morgan fingerprint density at radius 1 is 1.00 bits per heavy atom. The van der Waals surface area contributed by atoms with Crippen molar-refractivity contribution in [2.24, 2.45) is 0 Å². The van der Waals surface area contributed by atoms with Crippen LogP contribution in [-0.4, -0.2) is 38.0 Å². The summed E-state index contributed by atoms with van der Waals surface area (Å²) in [5, 5.41) is 14.8. The number of carboxylic acids is 1. The Balaban J connectivity index is 1.23. The second kappa shape index (κ2) is 11.1. The summed E-state index contributed by atoms with van der Waals surface area (Å²) in [6.45, 7) is 0. The predicted molar refractivity (Wildman–Crippen MR) is 155 cm³/mol. The van der Waals surface area contributed by atoms with E-state index in [-0.39, 0.29) is 11.8 Å².